The normalized spacial score (nSPS) is 19.9. The number of hydrogen-bond donors (Lipinski definition) is 0. The van der Waals surface area contributed by atoms with E-state index in [1.807, 2.05) is 17.9 Å². The van der Waals surface area contributed by atoms with Gasteiger partial charge >= 0.3 is 0 Å². The number of rotatable bonds is 4. The third kappa shape index (κ3) is 3.53. The van der Waals surface area contributed by atoms with E-state index in [1.165, 1.54) is 5.56 Å². The van der Waals surface area contributed by atoms with E-state index >= 15 is 0 Å². The molecule has 1 amide bonds. The third-order valence-corrected chi connectivity index (χ3v) is 4.78. The molecule has 0 aromatic heterocycles. The van der Waals surface area contributed by atoms with Crippen LogP contribution in [-0.2, 0) is 4.74 Å². The van der Waals surface area contributed by atoms with Gasteiger partial charge in [0.05, 0.1) is 33.4 Å². The summed E-state index contributed by atoms with van der Waals surface area (Å²) in [6.07, 6.45) is -0.142. The lowest BCUT2D eigenvalue weighted by molar-refractivity contribution is -0.0488. The molecule has 1 heterocycles. The van der Waals surface area contributed by atoms with Crippen molar-refractivity contribution < 1.29 is 19.0 Å². The number of ether oxygens (including phenoxy) is 3. The van der Waals surface area contributed by atoms with E-state index < -0.39 is 0 Å². The topological polar surface area (TPSA) is 48.0 Å². The lowest BCUT2D eigenvalue weighted by Gasteiger charge is -2.38. The fourth-order valence-corrected chi connectivity index (χ4v) is 3.23. The number of morpholine rings is 1. The van der Waals surface area contributed by atoms with Gasteiger partial charge in [-0.2, -0.15) is 0 Å². The minimum absolute atomic E-state index is 0.0289. The number of aryl methyl sites for hydroxylation is 1. The van der Waals surface area contributed by atoms with E-state index in [0.29, 0.717) is 30.2 Å². The number of nitrogens with zero attached hydrogens (tertiary/aromatic N) is 1. The molecule has 1 aliphatic rings. The molecule has 0 bridgehead atoms. The third-order valence-electron chi connectivity index (χ3n) is 4.78. The summed E-state index contributed by atoms with van der Waals surface area (Å²) in [6.45, 7) is 5.02. The number of benzene rings is 2. The van der Waals surface area contributed by atoms with Crippen molar-refractivity contribution in [1.29, 1.82) is 0 Å². The Morgan fingerprint density at radius 3 is 2.27 bits per heavy atom. The van der Waals surface area contributed by atoms with Gasteiger partial charge in [0.25, 0.3) is 5.91 Å². The number of hydrogen-bond acceptors (Lipinski definition) is 4. The molecule has 138 valence electrons. The highest BCUT2D eigenvalue weighted by Gasteiger charge is 2.33. The van der Waals surface area contributed by atoms with Gasteiger partial charge in [-0.25, -0.2) is 0 Å². The van der Waals surface area contributed by atoms with Crippen molar-refractivity contribution >= 4 is 5.91 Å². The van der Waals surface area contributed by atoms with Gasteiger partial charge < -0.3 is 19.1 Å². The molecule has 0 aliphatic carbocycles. The molecule has 0 N–H and O–H groups in total. The SMILES string of the molecule is COc1cccc(OC)c1C(=O)N1CC(c2ccc(C)cc2)OCC1C. The number of carbonyl (C=O) groups is 1. The largest absolute Gasteiger partial charge is 0.496 e. The zero-order valence-electron chi connectivity index (χ0n) is 15.7. The van der Waals surface area contributed by atoms with Crippen LogP contribution in [0.5, 0.6) is 11.5 Å². The fourth-order valence-electron chi connectivity index (χ4n) is 3.23. The monoisotopic (exact) mass is 355 g/mol. The molecule has 2 aromatic rings. The molecule has 2 atom stereocenters. The molecule has 5 heteroatoms. The van der Waals surface area contributed by atoms with Gasteiger partial charge in [-0.15, -0.1) is 0 Å². The summed E-state index contributed by atoms with van der Waals surface area (Å²) in [5, 5.41) is 0. The summed E-state index contributed by atoms with van der Waals surface area (Å²) in [5.41, 5.74) is 2.73. The van der Waals surface area contributed by atoms with Gasteiger partial charge in [0.1, 0.15) is 23.2 Å². The molecule has 2 unspecified atom stereocenters. The van der Waals surface area contributed by atoms with Gasteiger partial charge in [0.15, 0.2) is 0 Å². The van der Waals surface area contributed by atoms with Crippen molar-refractivity contribution in [1.82, 2.24) is 4.90 Å². The molecule has 26 heavy (non-hydrogen) atoms. The van der Waals surface area contributed by atoms with Crippen molar-refractivity contribution in [2.75, 3.05) is 27.4 Å². The van der Waals surface area contributed by atoms with E-state index in [-0.39, 0.29) is 18.1 Å². The Bertz CT molecular complexity index is 750. The standard InChI is InChI=1S/C21H25NO4/c1-14-8-10-16(11-9-14)19-12-22(15(2)13-26-19)21(23)20-17(24-3)6-5-7-18(20)25-4/h5-11,15,19H,12-13H2,1-4H3. The van der Waals surface area contributed by atoms with E-state index in [2.05, 4.69) is 31.2 Å². The van der Waals surface area contributed by atoms with Gasteiger partial charge in [0.2, 0.25) is 0 Å². The zero-order chi connectivity index (χ0) is 18.7. The molecule has 0 saturated carbocycles. The number of carbonyl (C=O) groups excluding carboxylic acids is 1. The molecule has 0 radical (unpaired) electrons. The molecule has 3 rings (SSSR count). The molecule has 1 fully saturated rings. The van der Waals surface area contributed by atoms with E-state index in [1.54, 1.807) is 26.4 Å². The van der Waals surface area contributed by atoms with Crippen LogP contribution < -0.4 is 9.47 Å². The minimum Gasteiger partial charge on any atom is -0.496 e. The Labute approximate surface area is 154 Å². The second-order valence-corrected chi connectivity index (χ2v) is 6.58. The lowest BCUT2D eigenvalue weighted by Crippen LogP contribution is -2.48. The van der Waals surface area contributed by atoms with Crippen LogP contribution in [0.4, 0.5) is 0 Å². The van der Waals surface area contributed by atoms with Crippen LogP contribution in [0.25, 0.3) is 0 Å². The lowest BCUT2D eigenvalue weighted by atomic mass is 10.0. The van der Waals surface area contributed by atoms with Crippen molar-refractivity contribution in [2.24, 2.45) is 0 Å². The van der Waals surface area contributed by atoms with Crippen molar-refractivity contribution in [3.63, 3.8) is 0 Å². The van der Waals surface area contributed by atoms with Crippen molar-refractivity contribution in [2.45, 2.75) is 26.0 Å². The summed E-state index contributed by atoms with van der Waals surface area (Å²) >= 11 is 0. The first-order chi connectivity index (χ1) is 12.5. The van der Waals surface area contributed by atoms with Crippen LogP contribution in [0.3, 0.4) is 0 Å². The Morgan fingerprint density at radius 2 is 1.69 bits per heavy atom. The van der Waals surface area contributed by atoms with Crippen LogP contribution in [-0.4, -0.2) is 44.2 Å². The smallest absolute Gasteiger partial charge is 0.261 e. The van der Waals surface area contributed by atoms with E-state index in [4.69, 9.17) is 14.2 Å². The Morgan fingerprint density at radius 1 is 1.08 bits per heavy atom. The average Bonchev–Trinajstić information content (AvgIpc) is 2.67. The Kier molecular flexibility index (Phi) is 5.47. The van der Waals surface area contributed by atoms with E-state index in [9.17, 15) is 4.79 Å². The second-order valence-electron chi connectivity index (χ2n) is 6.58. The maximum absolute atomic E-state index is 13.3. The quantitative estimate of drug-likeness (QED) is 0.841. The maximum Gasteiger partial charge on any atom is 0.261 e. The van der Waals surface area contributed by atoms with Crippen LogP contribution >= 0.6 is 0 Å². The number of amides is 1. The molecule has 2 aromatic carbocycles. The summed E-state index contributed by atoms with van der Waals surface area (Å²) in [4.78, 5) is 15.2. The predicted molar refractivity (Wildman–Crippen MR) is 99.9 cm³/mol. The highest BCUT2D eigenvalue weighted by atomic mass is 16.5. The van der Waals surface area contributed by atoms with Gasteiger partial charge in [-0.1, -0.05) is 35.9 Å². The molecule has 1 saturated heterocycles. The maximum atomic E-state index is 13.3. The first kappa shape index (κ1) is 18.3. The minimum atomic E-state index is -0.142. The van der Waals surface area contributed by atoms with Gasteiger partial charge in [-0.05, 0) is 31.5 Å². The highest BCUT2D eigenvalue weighted by Crippen LogP contribution is 2.33. The van der Waals surface area contributed by atoms with Crippen LogP contribution in [0.15, 0.2) is 42.5 Å². The molecule has 0 spiro atoms. The number of methoxy groups -OCH3 is 2. The predicted octanol–water partition coefficient (Wildman–Crippen LogP) is 3.61. The average molecular weight is 355 g/mol. The molecular weight excluding hydrogens is 330 g/mol. The molecule has 5 nitrogen and oxygen atoms in total. The van der Waals surface area contributed by atoms with Crippen molar-refractivity contribution in [3.8, 4) is 11.5 Å². The van der Waals surface area contributed by atoms with Crippen molar-refractivity contribution in [3.05, 3.63) is 59.2 Å². The summed E-state index contributed by atoms with van der Waals surface area (Å²) in [5.74, 6) is 0.923. The van der Waals surface area contributed by atoms with Crippen LogP contribution in [0.2, 0.25) is 0 Å². The van der Waals surface area contributed by atoms with Gasteiger partial charge in [-0.3, -0.25) is 4.79 Å². The Balaban J connectivity index is 1.89. The highest BCUT2D eigenvalue weighted by molar-refractivity contribution is 6.00. The Hall–Kier alpha value is -2.53. The zero-order valence-corrected chi connectivity index (χ0v) is 15.7. The van der Waals surface area contributed by atoms with Crippen LogP contribution in [0.1, 0.15) is 34.5 Å². The second kappa shape index (κ2) is 7.79. The van der Waals surface area contributed by atoms with Crippen LogP contribution in [0, 0.1) is 6.92 Å². The summed E-state index contributed by atoms with van der Waals surface area (Å²) in [6, 6.07) is 13.6. The van der Waals surface area contributed by atoms with Gasteiger partial charge in [0, 0.05) is 0 Å². The first-order valence-electron chi connectivity index (χ1n) is 8.75. The molecular formula is C21H25NO4. The summed E-state index contributed by atoms with van der Waals surface area (Å²) in [7, 11) is 3.12. The molecule has 1 aliphatic heterocycles. The fraction of sp³-hybridized carbons (Fsp3) is 0.381. The first-order valence-corrected chi connectivity index (χ1v) is 8.75. The summed E-state index contributed by atoms with van der Waals surface area (Å²) < 4.78 is 16.8. The van der Waals surface area contributed by atoms with E-state index in [0.717, 1.165) is 5.56 Å².